The molecule has 0 aliphatic carbocycles. The van der Waals surface area contributed by atoms with Crippen molar-refractivity contribution in [1.82, 2.24) is 9.88 Å². The van der Waals surface area contributed by atoms with Crippen LogP contribution in [-0.2, 0) is 27.1 Å². The van der Waals surface area contributed by atoms with Gasteiger partial charge in [-0.25, -0.2) is 14.6 Å². The van der Waals surface area contributed by atoms with Crippen molar-refractivity contribution in [2.75, 3.05) is 13.7 Å². The molecule has 1 amide bonds. The first-order valence-electron chi connectivity index (χ1n) is 13.3. The van der Waals surface area contributed by atoms with Crippen LogP contribution in [0.15, 0.2) is 48.5 Å². The summed E-state index contributed by atoms with van der Waals surface area (Å²) in [6, 6.07) is 12.9. The zero-order chi connectivity index (χ0) is 30.4. The summed E-state index contributed by atoms with van der Waals surface area (Å²) in [4.78, 5) is 30.8. The van der Waals surface area contributed by atoms with E-state index < -0.39 is 52.3 Å². The van der Waals surface area contributed by atoms with E-state index in [9.17, 15) is 22.8 Å². The van der Waals surface area contributed by atoms with E-state index in [0.29, 0.717) is 11.1 Å². The molecular weight excluding hydrogens is 577 g/mol. The minimum atomic E-state index is -4.87. The molecule has 8 nitrogen and oxygen atoms in total. The summed E-state index contributed by atoms with van der Waals surface area (Å²) >= 11 is 6.87. The Morgan fingerprint density at radius 1 is 1.12 bits per heavy atom. The minimum absolute atomic E-state index is 0.0137. The number of esters is 1. The number of rotatable bonds is 4. The monoisotopic (exact) mass is 606 g/mol. The van der Waals surface area contributed by atoms with Crippen LogP contribution in [0.3, 0.4) is 0 Å². The van der Waals surface area contributed by atoms with Gasteiger partial charge in [0.15, 0.2) is 11.4 Å². The van der Waals surface area contributed by atoms with Crippen molar-refractivity contribution in [3.05, 3.63) is 65.4 Å². The van der Waals surface area contributed by atoms with E-state index in [-0.39, 0.29) is 37.1 Å². The first kappa shape index (κ1) is 29.8. The maximum absolute atomic E-state index is 14.4. The van der Waals surface area contributed by atoms with Gasteiger partial charge in [0, 0.05) is 23.8 Å². The van der Waals surface area contributed by atoms with E-state index in [2.05, 4.69) is 4.98 Å². The highest BCUT2D eigenvalue weighted by Gasteiger charge is 2.56. The molecule has 3 atom stereocenters. The van der Waals surface area contributed by atoms with Crippen molar-refractivity contribution in [3.63, 3.8) is 0 Å². The molecule has 2 aliphatic heterocycles. The number of carbonyl (C=O) groups is 2. The number of fused-ring (bicyclic) bond motifs is 3. The van der Waals surface area contributed by atoms with Gasteiger partial charge in [-0.2, -0.15) is 13.2 Å². The van der Waals surface area contributed by atoms with Crippen LogP contribution in [0.4, 0.5) is 18.0 Å². The fourth-order valence-electron chi connectivity index (χ4n) is 5.40. The number of pyridine rings is 1. The van der Waals surface area contributed by atoms with Gasteiger partial charge in [-0.1, -0.05) is 30.3 Å². The molecule has 1 saturated heterocycles. The van der Waals surface area contributed by atoms with Crippen LogP contribution in [0.2, 0.25) is 0 Å². The fraction of sp³-hybridized carbons (Fsp3) is 0.433. The topological polar surface area (TPSA) is 87.2 Å². The van der Waals surface area contributed by atoms with E-state index in [4.69, 9.17) is 30.5 Å². The number of ether oxygens (including phenoxy) is 4. The van der Waals surface area contributed by atoms with Crippen LogP contribution >= 0.6 is 11.6 Å². The van der Waals surface area contributed by atoms with E-state index in [1.165, 1.54) is 6.07 Å². The van der Waals surface area contributed by atoms with E-state index in [0.717, 1.165) is 17.6 Å². The second-order valence-corrected chi connectivity index (χ2v) is 12.0. The molecule has 2 aromatic carbocycles. The minimum Gasteiger partial charge on any atom is -0.489 e. The van der Waals surface area contributed by atoms with Gasteiger partial charge in [-0.3, -0.25) is 4.90 Å². The number of aromatic nitrogens is 1. The number of hydrogen-bond acceptors (Lipinski definition) is 7. The lowest BCUT2D eigenvalue weighted by atomic mass is 9.86. The molecule has 2 aliphatic rings. The lowest BCUT2D eigenvalue weighted by molar-refractivity contribution is -0.146. The number of methoxy groups -OCH3 is 1. The number of benzene rings is 2. The summed E-state index contributed by atoms with van der Waals surface area (Å²) in [5.74, 6) is -0.857. The Morgan fingerprint density at radius 2 is 1.83 bits per heavy atom. The van der Waals surface area contributed by atoms with Crippen LogP contribution < -0.4 is 9.47 Å². The molecule has 1 fully saturated rings. The Kier molecular flexibility index (Phi) is 7.67. The van der Waals surface area contributed by atoms with Gasteiger partial charge >= 0.3 is 18.2 Å². The van der Waals surface area contributed by atoms with E-state index in [1.807, 2.05) is 30.3 Å². The number of hydrogen-bond donors (Lipinski definition) is 0. The number of likely N-dealkylation sites (tertiary alicyclic amines) is 1. The summed E-state index contributed by atoms with van der Waals surface area (Å²) in [5, 5.41) is -0.619. The molecule has 1 unspecified atom stereocenters. The van der Waals surface area contributed by atoms with Crippen molar-refractivity contribution in [1.29, 1.82) is 0 Å². The SMILES string of the molecule is COC(=O)[C@@H]1C[C@@]2(CC(Cl)c3c(c(C(F)(F)F)nc4ccc(OCc5ccccc5)cc34)O2)CN1C(=O)OC(C)(C)C. The molecule has 0 bridgehead atoms. The first-order chi connectivity index (χ1) is 19.7. The molecule has 3 aromatic rings. The number of carbonyl (C=O) groups excluding carboxylic acids is 2. The molecule has 1 spiro atoms. The van der Waals surface area contributed by atoms with Gasteiger partial charge in [0.05, 0.1) is 24.5 Å². The van der Waals surface area contributed by atoms with E-state index >= 15 is 0 Å². The zero-order valence-electron chi connectivity index (χ0n) is 23.5. The zero-order valence-corrected chi connectivity index (χ0v) is 24.2. The standard InChI is InChI=1S/C30H30ClF3N2O6/c1-28(2,3)42-27(38)36-16-29(14-22(36)26(37)39-4)13-20(31)23-19-12-18(40-15-17-8-6-5-7-9-17)10-11-21(19)35-25(24(23)41-29)30(32,33)34/h5-12,20,22H,13-16H2,1-4H3/t20?,22-,29-/m0/s1. The Labute approximate surface area is 245 Å². The Morgan fingerprint density at radius 3 is 2.48 bits per heavy atom. The third-order valence-corrected chi connectivity index (χ3v) is 7.52. The molecule has 1 aromatic heterocycles. The Hall–Kier alpha value is -3.73. The smallest absolute Gasteiger partial charge is 0.437 e. The highest BCUT2D eigenvalue weighted by molar-refractivity contribution is 6.22. The number of alkyl halides is 4. The molecule has 224 valence electrons. The maximum Gasteiger partial charge on any atom is 0.437 e. The van der Waals surface area contributed by atoms with Gasteiger partial charge in [-0.05, 0) is 44.5 Å². The predicted octanol–water partition coefficient (Wildman–Crippen LogP) is 6.82. The highest BCUT2D eigenvalue weighted by atomic mass is 35.5. The van der Waals surface area contributed by atoms with Crippen LogP contribution in [-0.4, -0.2) is 52.8 Å². The van der Waals surface area contributed by atoms with Crippen LogP contribution in [0.25, 0.3) is 10.9 Å². The third-order valence-electron chi connectivity index (χ3n) is 7.15. The predicted molar refractivity (Wildman–Crippen MR) is 147 cm³/mol. The van der Waals surface area contributed by atoms with Gasteiger partial charge in [0.1, 0.15) is 29.6 Å². The second-order valence-electron chi connectivity index (χ2n) is 11.5. The van der Waals surface area contributed by atoms with Crippen molar-refractivity contribution in [2.45, 2.75) is 69.0 Å². The molecule has 12 heteroatoms. The van der Waals surface area contributed by atoms with Gasteiger partial charge in [-0.15, -0.1) is 11.6 Å². The number of halogens is 4. The average molecular weight is 607 g/mol. The lowest BCUT2D eigenvalue weighted by Crippen LogP contribution is -2.46. The summed E-state index contributed by atoms with van der Waals surface area (Å²) < 4.78 is 65.5. The molecule has 5 rings (SSSR count). The first-order valence-corrected chi connectivity index (χ1v) is 13.8. The van der Waals surface area contributed by atoms with Crippen molar-refractivity contribution in [3.8, 4) is 11.5 Å². The highest BCUT2D eigenvalue weighted by Crippen LogP contribution is 2.54. The summed E-state index contributed by atoms with van der Waals surface area (Å²) in [5.41, 5.74) is -2.43. The molecular formula is C30H30ClF3N2O6. The van der Waals surface area contributed by atoms with Crippen LogP contribution in [0.5, 0.6) is 11.5 Å². The Balaban J connectivity index is 1.55. The van der Waals surface area contributed by atoms with E-state index in [1.54, 1.807) is 32.9 Å². The Bertz CT molecular complexity index is 1510. The number of nitrogens with zero attached hydrogens (tertiary/aromatic N) is 2. The fourth-order valence-corrected chi connectivity index (χ4v) is 5.90. The molecule has 0 saturated carbocycles. The van der Waals surface area contributed by atoms with Gasteiger partial charge in [0.2, 0.25) is 0 Å². The van der Waals surface area contributed by atoms with Crippen LogP contribution in [0, 0.1) is 0 Å². The second kappa shape index (κ2) is 10.8. The molecule has 0 N–H and O–H groups in total. The lowest BCUT2D eigenvalue weighted by Gasteiger charge is -2.39. The molecule has 42 heavy (non-hydrogen) atoms. The quantitative estimate of drug-likeness (QED) is 0.238. The third kappa shape index (κ3) is 5.92. The average Bonchev–Trinajstić information content (AvgIpc) is 3.28. The number of amides is 1. The van der Waals surface area contributed by atoms with Crippen LogP contribution in [0.1, 0.15) is 55.8 Å². The normalized spacial score (nSPS) is 22.0. The molecule has 3 heterocycles. The summed E-state index contributed by atoms with van der Waals surface area (Å²) in [6.45, 7) is 5.00. The maximum atomic E-state index is 14.4. The van der Waals surface area contributed by atoms with Gasteiger partial charge < -0.3 is 18.9 Å². The summed E-state index contributed by atoms with van der Waals surface area (Å²) in [6.07, 6.45) is -5.82. The van der Waals surface area contributed by atoms with Crippen molar-refractivity contribution in [2.24, 2.45) is 0 Å². The summed E-state index contributed by atoms with van der Waals surface area (Å²) in [7, 11) is 1.16. The van der Waals surface area contributed by atoms with Gasteiger partial charge in [0.25, 0.3) is 0 Å². The van der Waals surface area contributed by atoms with Crippen molar-refractivity contribution >= 4 is 34.6 Å². The largest absolute Gasteiger partial charge is 0.489 e. The molecule has 0 radical (unpaired) electrons. The van der Waals surface area contributed by atoms with Crippen molar-refractivity contribution < 1.29 is 41.7 Å².